The van der Waals surface area contributed by atoms with E-state index in [4.69, 9.17) is 21.1 Å². The predicted octanol–water partition coefficient (Wildman–Crippen LogP) is 4.94. The van der Waals surface area contributed by atoms with Gasteiger partial charge in [0, 0.05) is 23.0 Å². The fraction of sp³-hybridized carbons (Fsp3) is 0.158. The third kappa shape index (κ3) is 3.97. The summed E-state index contributed by atoms with van der Waals surface area (Å²) in [6, 6.07) is 12.9. The van der Waals surface area contributed by atoms with E-state index in [1.165, 1.54) is 0 Å². The Morgan fingerprint density at radius 1 is 0.962 bits per heavy atom. The molecule has 0 saturated carbocycles. The SMILES string of the molecule is COc1ccc(Nc2ccnc(Nc3cccc(Cl)c3C)n2)c(OC)c1. The van der Waals surface area contributed by atoms with Gasteiger partial charge in [0.15, 0.2) is 0 Å². The smallest absolute Gasteiger partial charge is 0.229 e. The number of ether oxygens (including phenoxy) is 2. The van der Waals surface area contributed by atoms with Crippen molar-refractivity contribution >= 4 is 34.7 Å². The van der Waals surface area contributed by atoms with Gasteiger partial charge in [-0.1, -0.05) is 17.7 Å². The zero-order chi connectivity index (χ0) is 18.5. The Balaban J connectivity index is 1.83. The van der Waals surface area contributed by atoms with Gasteiger partial charge in [-0.25, -0.2) is 4.98 Å². The van der Waals surface area contributed by atoms with Gasteiger partial charge >= 0.3 is 0 Å². The minimum atomic E-state index is 0.466. The van der Waals surface area contributed by atoms with Crippen LogP contribution in [-0.2, 0) is 0 Å². The lowest BCUT2D eigenvalue weighted by molar-refractivity contribution is 0.395. The number of hydrogen-bond acceptors (Lipinski definition) is 6. The number of nitrogens with one attached hydrogen (secondary N) is 2. The number of halogens is 1. The maximum Gasteiger partial charge on any atom is 0.229 e. The maximum atomic E-state index is 6.16. The van der Waals surface area contributed by atoms with Crippen LogP contribution >= 0.6 is 11.6 Å². The molecule has 7 heteroatoms. The van der Waals surface area contributed by atoms with Gasteiger partial charge in [-0.05, 0) is 42.8 Å². The molecule has 0 aliphatic carbocycles. The zero-order valence-corrected chi connectivity index (χ0v) is 15.5. The lowest BCUT2D eigenvalue weighted by Gasteiger charge is -2.13. The molecule has 3 rings (SSSR count). The highest BCUT2D eigenvalue weighted by Crippen LogP contribution is 2.31. The van der Waals surface area contributed by atoms with Gasteiger partial charge in [0.2, 0.25) is 5.95 Å². The Kier molecular flexibility index (Phi) is 5.43. The first kappa shape index (κ1) is 17.8. The first-order chi connectivity index (χ1) is 12.6. The first-order valence-electron chi connectivity index (χ1n) is 7.95. The molecule has 0 spiro atoms. The highest BCUT2D eigenvalue weighted by Gasteiger charge is 2.08. The van der Waals surface area contributed by atoms with Gasteiger partial charge in [-0.3, -0.25) is 0 Å². The molecular formula is C19H19ClN4O2. The fourth-order valence-electron chi connectivity index (χ4n) is 2.39. The summed E-state index contributed by atoms with van der Waals surface area (Å²) in [5.41, 5.74) is 2.57. The number of hydrogen-bond donors (Lipinski definition) is 2. The second kappa shape index (κ2) is 7.93. The van der Waals surface area contributed by atoms with Crippen LogP contribution in [0.25, 0.3) is 0 Å². The van der Waals surface area contributed by atoms with Gasteiger partial charge in [0.25, 0.3) is 0 Å². The summed E-state index contributed by atoms with van der Waals surface area (Å²) in [6.07, 6.45) is 1.67. The van der Waals surface area contributed by atoms with Crippen molar-refractivity contribution < 1.29 is 9.47 Å². The fourth-order valence-corrected chi connectivity index (χ4v) is 2.57. The maximum absolute atomic E-state index is 6.16. The van der Waals surface area contributed by atoms with E-state index in [1.54, 1.807) is 32.5 Å². The lowest BCUT2D eigenvalue weighted by atomic mass is 10.2. The summed E-state index contributed by atoms with van der Waals surface area (Å²) in [7, 11) is 3.22. The summed E-state index contributed by atoms with van der Waals surface area (Å²) in [6.45, 7) is 1.94. The molecule has 3 aromatic rings. The second-order valence-corrected chi connectivity index (χ2v) is 5.90. The molecule has 0 unspecified atom stereocenters. The van der Waals surface area contributed by atoms with Gasteiger partial charge in [0.05, 0.1) is 19.9 Å². The van der Waals surface area contributed by atoms with Crippen LogP contribution < -0.4 is 20.1 Å². The van der Waals surface area contributed by atoms with Crippen LogP contribution in [0.15, 0.2) is 48.7 Å². The van der Waals surface area contributed by atoms with E-state index in [0.717, 1.165) is 16.9 Å². The molecule has 0 saturated heterocycles. The summed E-state index contributed by atoms with van der Waals surface area (Å²) in [5, 5.41) is 7.10. The van der Waals surface area contributed by atoms with Crippen molar-refractivity contribution in [2.24, 2.45) is 0 Å². The highest BCUT2D eigenvalue weighted by molar-refractivity contribution is 6.31. The van der Waals surface area contributed by atoms with Crippen LogP contribution in [0, 0.1) is 6.92 Å². The van der Waals surface area contributed by atoms with Crippen molar-refractivity contribution in [3.05, 3.63) is 59.2 Å². The van der Waals surface area contributed by atoms with E-state index < -0.39 is 0 Å². The first-order valence-corrected chi connectivity index (χ1v) is 8.32. The van der Waals surface area contributed by atoms with E-state index in [1.807, 2.05) is 37.3 Å². The van der Waals surface area contributed by atoms with E-state index in [9.17, 15) is 0 Å². The van der Waals surface area contributed by atoms with Crippen molar-refractivity contribution in [2.75, 3.05) is 24.9 Å². The number of anilines is 4. The molecule has 0 fully saturated rings. The van der Waals surface area contributed by atoms with E-state index >= 15 is 0 Å². The van der Waals surface area contributed by atoms with Crippen LogP contribution in [0.3, 0.4) is 0 Å². The van der Waals surface area contributed by atoms with Gasteiger partial charge < -0.3 is 20.1 Å². The van der Waals surface area contributed by atoms with Crippen molar-refractivity contribution in [1.29, 1.82) is 0 Å². The van der Waals surface area contributed by atoms with Crippen LogP contribution in [-0.4, -0.2) is 24.2 Å². The Morgan fingerprint density at radius 2 is 1.81 bits per heavy atom. The molecule has 2 aromatic carbocycles. The molecule has 6 nitrogen and oxygen atoms in total. The normalized spacial score (nSPS) is 10.3. The molecule has 1 aromatic heterocycles. The van der Waals surface area contributed by atoms with Crippen molar-refractivity contribution in [3.8, 4) is 11.5 Å². The number of methoxy groups -OCH3 is 2. The summed E-state index contributed by atoms with van der Waals surface area (Å²) >= 11 is 6.16. The lowest BCUT2D eigenvalue weighted by Crippen LogP contribution is -2.02. The zero-order valence-electron chi connectivity index (χ0n) is 14.7. The average Bonchev–Trinajstić information content (AvgIpc) is 2.66. The number of aromatic nitrogens is 2. The number of benzene rings is 2. The molecule has 0 aliphatic heterocycles. The van der Waals surface area contributed by atoms with Crippen LogP contribution in [0.2, 0.25) is 5.02 Å². The summed E-state index contributed by atoms with van der Waals surface area (Å²) < 4.78 is 10.6. The predicted molar refractivity (Wildman–Crippen MR) is 104 cm³/mol. The second-order valence-electron chi connectivity index (χ2n) is 5.49. The quantitative estimate of drug-likeness (QED) is 0.640. The Labute approximate surface area is 157 Å². The van der Waals surface area contributed by atoms with E-state index in [0.29, 0.717) is 28.3 Å². The van der Waals surface area contributed by atoms with E-state index in [-0.39, 0.29) is 0 Å². The van der Waals surface area contributed by atoms with Crippen LogP contribution in [0.1, 0.15) is 5.56 Å². The Bertz CT molecular complexity index is 918. The monoisotopic (exact) mass is 370 g/mol. The standard InChI is InChI=1S/C19H19ClN4O2/c1-12-14(20)5-4-6-15(12)23-19-21-10-9-18(24-19)22-16-8-7-13(25-2)11-17(16)26-3/h4-11H,1-3H3,(H2,21,22,23,24). The minimum absolute atomic E-state index is 0.466. The minimum Gasteiger partial charge on any atom is -0.497 e. The average molecular weight is 371 g/mol. The van der Waals surface area contributed by atoms with Gasteiger partial charge in [-0.2, -0.15) is 4.98 Å². The van der Waals surface area contributed by atoms with Crippen molar-refractivity contribution in [2.45, 2.75) is 6.92 Å². The van der Waals surface area contributed by atoms with E-state index in [2.05, 4.69) is 20.6 Å². The largest absolute Gasteiger partial charge is 0.497 e. The molecule has 1 heterocycles. The Morgan fingerprint density at radius 3 is 2.58 bits per heavy atom. The molecule has 134 valence electrons. The molecule has 0 bridgehead atoms. The molecule has 0 atom stereocenters. The molecular weight excluding hydrogens is 352 g/mol. The molecule has 26 heavy (non-hydrogen) atoms. The molecule has 2 N–H and O–H groups in total. The number of rotatable bonds is 6. The molecule has 0 aliphatic rings. The summed E-state index contributed by atoms with van der Waals surface area (Å²) in [5.74, 6) is 2.47. The topological polar surface area (TPSA) is 68.3 Å². The molecule has 0 radical (unpaired) electrons. The van der Waals surface area contributed by atoms with Gasteiger partial charge in [-0.15, -0.1) is 0 Å². The van der Waals surface area contributed by atoms with Gasteiger partial charge in [0.1, 0.15) is 17.3 Å². The Hall–Kier alpha value is -2.99. The van der Waals surface area contributed by atoms with Crippen molar-refractivity contribution in [3.63, 3.8) is 0 Å². The van der Waals surface area contributed by atoms with Crippen molar-refractivity contribution in [1.82, 2.24) is 9.97 Å². The van der Waals surface area contributed by atoms with Crippen LogP contribution in [0.5, 0.6) is 11.5 Å². The third-order valence-electron chi connectivity index (χ3n) is 3.84. The molecule has 0 amide bonds. The van der Waals surface area contributed by atoms with Crippen LogP contribution in [0.4, 0.5) is 23.1 Å². The number of nitrogens with zero attached hydrogens (tertiary/aromatic N) is 2. The third-order valence-corrected chi connectivity index (χ3v) is 4.25. The highest BCUT2D eigenvalue weighted by atomic mass is 35.5. The summed E-state index contributed by atoms with van der Waals surface area (Å²) in [4.78, 5) is 8.75.